The first-order valence-electron chi connectivity index (χ1n) is 8.89. The van der Waals surface area contributed by atoms with Crippen LogP contribution in [-0.4, -0.2) is 31.1 Å². The van der Waals surface area contributed by atoms with Crippen LogP contribution in [-0.2, 0) is 11.3 Å². The van der Waals surface area contributed by atoms with Crippen LogP contribution < -0.4 is 5.32 Å². The third kappa shape index (κ3) is 4.57. The maximum atomic E-state index is 12.4. The van der Waals surface area contributed by atoms with E-state index in [1.54, 1.807) is 13.0 Å². The lowest BCUT2D eigenvalue weighted by Crippen LogP contribution is -2.23. The first-order valence-corrected chi connectivity index (χ1v) is 9.77. The van der Waals surface area contributed by atoms with E-state index in [4.69, 9.17) is 4.52 Å². The second kappa shape index (κ2) is 8.39. The Morgan fingerprint density at radius 1 is 1.30 bits per heavy atom. The van der Waals surface area contributed by atoms with E-state index >= 15 is 0 Å². The van der Waals surface area contributed by atoms with E-state index < -0.39 is 0 Å². The summed E-state index contributed by atoms with van der Waals surface area (Å²) >= 11 is 1.38. The number of anilines is 1. The topological polar surface area (TPSA) is 85.8 Å². The molecule has 1 unspecified atom stereocenters. The van der Waals surface area contributed by atoms with Crippen LogP contribution >= 0.6 is 11.8 Å². The monoisotopic (exact) mass is 385 g/mol. The summed E-state index contributed by atoms with van der Waals surface area (Å²) in [5.41, 5.74) is 2.20. The highest BCUT2D eigenvalue weighted by molar-refractivity contribution is 8.00. The zero-order valence-electron chi connectivity index (χ0n) is 15.9. The number of benzene rings is 1. The van der Waals surface area contributed by atoms with Gasteiger partial charge in [0.05, 0.1) is 5.25 Å². The summed E-state index contributed by atoms with van der Waals surface area (Å²) in [6.07, 6.45) is 0.948. The second-order valence-corrected chi connectivity index (χ2v) is 7.71. The number of hydrogen-bond acceptors (Lipinski definition) is 6. The Morgan fingerprint density at radius 3 is 2.78 bits per heavy atom. The van der Waals surface area contributed by atoms with Crippen LogP contribution in [0.5, 0.6) is 0 Å². The maximum absolute atomic E-state index is 12.4. The number of carbonyl (C=O) groups excluding carboxylic acids is 1. The van der Waals surface area contributed by atoms with Crippen molar-refractivity contribution in [3.8, 4) is 11.4 Å². The van der Waals surface area contributed by atoms with Gasteiger partial charge in [-0.05, 0) is 33.3 Å². The van der Waals surface area contributed by atoms with Gasteiger partial charge in [0, 0.05) is 18.2 Å². The first-order chi connectivity index (χ1) is 13.0. The average Bonchev–Trinajstić information content (AvgIpc) is 3.22. The minimum atomic E-state index is -0.354. The first kappa shape index (κ1) is 19.2. The van der Waals surface area contributed by atoms with Gasteiger partial charge in [-0.3, -0.25) is 4.79 Å². The molecule has 3 aromatic rings. The minimum Gasteiger partial charge on any atom is -0.360 e. The molecule has 0 saturated heterocycles. The number of hydrogen-bond donors (Lipinski definition) is 1. The molecule has 0 radical (unpaired) electrons. The van der Waals surface area contributed by atoms with Gasteiger partial charge < -0.3 is 14.4 Å². The highest BCUT2D eigenvalue weighted by Crippen LogP contribution is 2.28. The van der Waals surface area contributed by atoms with Gasteiger partial charge in [-0.15, -0.1) is 10.2 Å². The molecule has 0 saturated carbocycles. The Hall–Kier alpha value is -2.61. The van der Waals surface area contributed by atoms with Crippen molar-refractivity contribution in [1.29, 1.82) is 0 Å². The third-order valence-corrected chi connectivity index (χ3v) is 5.05. The molecule has 0 aliphatic heterocycles. The molecule has 27 heavy (non-hydrogen) atoms. The fourth-order valence-corrected chi connectivity index (χ4v) is 3.54. The smallest absolute Gasteiger partial charge is 0.238 e. The molecule has 142 valence electrons. The zero-order chi connectivity index (χ0) is 19.4. The van der Waals surface area contributed by atoms with E-state index in [-0.39, 0.29) is 11.2 Å². The van der Waals surface area contributed by atoms with Crippen LogP contribution in [0.4, 0.5) is 5.82 Å². The van der Waals surface area contributed by atoms with Gasteiger partial charge in [-0.2, -0.15) is 0 Å². The summed E-state index contributed by atoms with van der Waals surface area (Å²) in [4.78, 5) is 12.4. The molecular formula is C19H23N5O2S. The van der Waals surface area contributed by atoms with Crippen molar-refractivity contribution >= 4 is 23.5 Å². The van der Waals surface area contributed by atoms with Crippen molar-refractivity contribution in [1.82, 2.24) is 19.9 Å². The van der Waals surface area contributed by atoms with Crippen molar-refractivity contribution in [3.63, 3.8) is 0 Å². The van der Waals surface area contributed by atoms with E-state index in [0.29, 0.717) is 11.6 Å². The number of aryl methyl sites for hydroxylation is 2. The Labute approximate surface area is 162 Å². The molecule has 0 bridgehead atoms. The summed E-state index contributed by atoms with van der Waals surface area (Å²) in [6, 6.07) is 9.87. The van der Waals surface area contributed by atoms with Gasteiger partial charge in [-0.25, -0.2) is 0 Å². The van der Waals surface area contributed by atoms with Gasteiger partial charge in [-0.1, -0.05) is 47.6 Å². The van der Waals surface area contributed by atoms with Gasteiger partial charge >= 0.3 is 0 Å². The van der Waals surface area contributed by atoms with Crippen LogP contribution in [0.3, 0.4) is 0 Å². The molecular weight excluding hydrogens is 362 g/mol. The van der Waals surface area contributed by atoms with E-state index in [1.807, 2.05) is 19.1 Å². The largest absolute Gasteiger partial charge is 0.360 e. The maximum Gasteiger partial charge on any atom is 0.238 e. The minimum absolute atomic E-state index is 0.156. The fraction of sp³-hybridized carbons (Fsp3) is 0.368. The van der Waals surface area contributed by atoms with Crippen LogP contribution in [0, 0.1) is 13.8 Å². The number of aromatic nitrogens is 4. The molecule has 0 fully saturated rings. The lowest BCUT2D eigenvalue weighted by Gasteiger charge is -2.12. The molecule has 0 spiro atoms. The van der Waals surface area contributed by atoms with E-state index in [0.717, 1.165) is 29.5 Å². The van der Waals surface area contributed by atoms with Crippen molar-refractivity contribution in [3.05, 3.63) is 41.7 Å². The fourth-order valence-electron chi connectivity index (χ4n) is 2.66. The van der Waals surface area contributed by atoms with Gasteiger partial charge in [0.1, 0.15) is 5.76 Å². The highest BCUT2D eigenvalue weighted by atomic mass is 32.2. The molecule has 0 aliphatic carbocycles. The number of rotatable bonds is 7. The van der Waals surface area contributed by atoms with Crippen LogP contribution in [0.2, 0.25) is 0 Å². The Bertz CT molecular complexity index is 934. The van der Waals surface area contributed by atoms with Crippen LogP contribution in [0.1, 0.15) is 31.6 Å². The molecule has 8 heteroatoms. The Kier molecular flexibility index (Phi) is 5.95. The molecule has 2 aromatic heterocycles. The molecule has 1 amide bonds. The van der Waals surface area contributed by atoms with Crippen molar-refractivity contribution < 1.29 is 9.32 Å². The van der Waals surface area contributed by atoms with Gasteiger partial charge in [0.15, 0.2) is 16.8 Å². The Morgan fingerprint density at radius 2 is 2.11 bits per heavy atom. The van der Waals surface area contributed by atoms with Gasteiger partial charge in [0.2, 0.25) is 5.91 Å². The summed E-state index contributed by atoms with van der Waals surface area (Å²) in [5.74, 6) is 1.73. The lowest BCUT2D eigenvalue weighted by molar-refractivity contribution is -0.115. The van der Waals surface area contributed by atoms with E-state index in [2.05, 4.69) is 51.2 Å². The summed E-state index contributed by atoms with van der Waals surface area (Å²) in [6.45, 7) is 8.57. The van der Waals surface area contributed by atoms with Gasteiger partial charge in [0.25, 0.3) is 0 Å². The summed E-state index contributed by atoms with van der Waals surface area (Å²) < 4.78 is 7.05. The Balaban J connectivity index is 1.78. The van der Waals surface area contributed by atoms with Crippen molar-refractivity contribution in [2.75, 3.05) is 5.32 Å². The molecule has 2 heterocycles. The van der Waals surface area contributed by atoms with Crippen molar-refractivity contribution in [2.24, 2.45) is 0 Å². The zero-order valence-corrected chi connectivity index (χ0v) is 16.7. The molecule has 3 rings (SSSR count). The average molecular weight is 385 g/mol. The molecule has 0 aliphatic rings. The predicted molar refractivity (Wildman–Crippen MR) is 106 cm³/mol. The highest BCUT2D eigenvalue weighted by Gasteiger charge is 2.21. The molecule has 1 N–H and O–H groups in total. The second-order valence-electron chi connectivity index (χ2n) is 6.40. The standard InChI is InChI=1S/C19H23N5O2S/c1-5-9-24-17(15-8-6-7-12(2)10-15)21-22-19(24)27-14(4)18(25)20-16-11-13(3)26-23-16/h6-8,10-11,14H,5,9H2,1-4H3,(H,20,23,25). The quantitative estimate of drug-likeness (QED) is 0.617. The van der Waals surface area contributed by atoms with E-state index in [9.17, 15) is 4.79 Å². The number of thioether (sulfide) groups is 1. The SMILES string of the molecule is CCCn1c(SC(C)C(=O)Nc2cc(C)on2)nnc1-c1cccc(C)c1. The van der Waals surface area contributed by atoms with Crippen LogP contribution in [0.25, 0.3) is 11.4 Å². The molecule has 1 atom stereocenters. The summed E-state index contributed by atoms with van der Waals surface area (Å²) in [7, 11) is 0. The van der Waals surface area contributed by atoms with Crippen molar-refractivity contribution in [2.45, 2.75) is 51.1 Å². The third-order valence-electron chi connectivity index (χ3n) is 3.97. The van der Waals surface area contributed by atoms with E-state index in [1.165, 1.54) is 17.3 Å². The number of amides is 1. The predicted octanol–water partition coefficient (Wildman–Crippen LogP) is 4.08. The summed E-state index contributed by atoms with van der Waals surface area (Å²) in [5, 5.41) is 15.6. The molecule has 1 aromatic carbocycles. The number of nitrogens with one attached hydrogen (secondary N) is 1. The number of nitrogens with zero attached hydrogens (tertiary/aromatic N) is 4. The normalized spacial score (nSPS) is 12.1. The number of carbonyl (C=O) groups is 1. The van der Waals surface area contributed by atoms with Crippen LogP contribution in [0.15, 0.2) is 40.0 Å². The lowest BCUT2D eigenvalue weighted by atomic mass is 10.1. The molecule has 7 nitrogen and oxygen atoms in total.